The fraction of sp³-hybridized carbons (Fsp3) is 0.682. The van der Waals surface area contributed by atoms with Gasteiger partial charge in [0.1, 0.15) is 0 Å². The van der Waals surface area contributed by atoms with E-state index in [4.69, 9.17) is 5.10 Å². The molecule has 0 unspecified atom stereocenters. The third-order valence-corrected chi connectivity index (χ3v) is 6.98. The zero-order valence-corrected chi connectivity index (χ0v) is 17.4. The molecule has 2 aromatic heterocycles. The summed E-state index contributed by atoms with van der Waals surface area (Å²) in [5, 5.41) is 4.88. The number of piperidine rings is 1. The van der Waals surface area contributed by atoms with Crippen molar-refractivity contribution in [3.8, 4) is 0 Å². The number of hydrogen-bond acceptors (Lipinski definition) is 3. The molecular weight excluding hydrogens is 374 g/mol. The molecule has 2 atom stereocenters. The van der Waals surface area contributed by atoms with Gasteiger partial charge >= 0.3 is 0 Å². The first kappa shape index (κ1) is 20.2. The van der Waals surface area contributed by atoms with Crippen LogP contribution >= 0.6 is 0 Å². The highest BCUT2D eigenvalue weighted by atomic mass is 19.3. The molecule has 3 heterocycles. The summed E-state index contributed by atoms with van der Waals surface area (Å²) in [4.78, 5) is 17.8. The van der Waals surface area contributed by atoms with E-state index in [9.17, 15) is 13.6 Å². The lowest BCUT2D eigenvalue weighted by Gasteiger charge is -2.35. The van der Waals surface area contributed by atoms with Crippen LogP contribution in [0.15, 0.2) is 12.1 Å². The summed E-state index contributed by atoms with van der Waals surface area (Å²) >= 11 is 0. The molecule has 4 rings (SSSR count). The number of amides is 1. The largest absolute Gasteiger partial charge is 0.345 e. The molecule has 29 heavy (non-hydrogen) atoms. The average molecular weight is 405 g/mol. The Kier molecular flexibility index (Phi) is 5.34. The Balaban J connectivity index is 1.63. The van der Waals surface area contributed by atoms with Crippen LogP contribution in [0.25, 0.3) is 5.65 Å². The Morgan fingerprint density at radius 3 is 2.55 bits per heavy atom. The first-order valence-corrected chi connectivity index (χ1v) is 10.7. The zero-order chi connectivity index (χ0) is 20.8. The molecule has 2 aliphatic rings. The first-order chi connectivity index (χ1) is 13.8. The minimum atomic E-state index is -2.60. The van der Waals surface area contributed by atoms with Crippen molar-refractivity contribution in [2.75, 3.05) is 13.1 Å². The Morgan fingerprint density at radius 2 is 1.90 bits per heavy atom. The lowest BCUT2D eigenvalue weighted by molar-refractivity contribution is -0.119. The van der Waals surface area contributed by atoms with Crippen LogP contribution in [0.3, 0.4) is 0 Å². The van der Waals surface area contributed by atoms with Crippen molar-refractivity contribution in [3.63, 3.8) is 0 Å². The Hall–Kier alpha value is -2.05. The molecule has 1 amide bonds. The van der Waals surface area contributed by atoms with Gasteiger partial charge in [-0.1, -0.05) is 6.92 Å². The highest BCUT2D eigenvalue weighted by Gasteiger charge is 2.38. The smallest absolute Gasteiger partial charge is 0.248 e. The number of aryl methyl sites for hydroxylation is 1. The van der Waals surface area contributed by atoms with Crippen LogP contribution in [0.5, 0.6) is 0 Å². The zero-order valence-electron chi connectivity index (χ0n) is 17.4. The number of fused-ring (bicyclic) bond motifs is 1. The number of hydrogen-bond donors (Lipinski definition) is 0. The maximum atomic E-state index is 13.6. The molecule has 0 radical (unpaired) electrons. The molecule has 2 aromatic rings. The number of carbonyl (C=O) groups is 1. The Bertz CT molecular complexity index is 883. The van der Waals surface area contributed by atoms with Gasteiger partial charge in [-0.05, 0) is 57.9 Å². The lowest BCUT2D eigenvalue weighted by atomic mass is 9.78. The van der Waals surface area contributed by atoms with Gasteiger partial charge in [0.2, 0.25) is 12.3 Å². The van der Waals surface area contributed by atoms with E-state index in [2.05, 4.69) is 18.0 Å². The number of alkyl halides is 2. The van der Waals surface area contributed by atoms with E-state index in [1.165, 1.54) is 0 Å². The van der Waals surface area contributed by atoms with Crippen molar-refractivity contribution < 1.29 is 13.6 Å². The van der Waals surface area contributed by atoms with Crippen molar-refractivity contribution >= 4 is 12.1 Å². The van der Waals surface area contributed by atoms with Gasteiger partial charge in [-0.3, -0.25) is 4.79 Å². The van der Waals surface area contributed by atoms with Gasteiger partial charge in [0.25, 0.3) is 0 Å². The number of halogens is 2. The predicted octanol–water partition coefficient (Wildman–Crippen LogP) is 4.55. The van der Waals surface area contributed by atoms with Crippen LogP contribution in [0.2, 0.25) is 0 Å². The van der Waals surface area contributed by atoms with E-state index in [1.54, 1.807) is 0 Å². The number of nitrogens with zero attached hydrogens (tertiary/aromatic N) is 4. The van der Waals surface area contributed by atoms with Crippen molar-refractivity contribution in [2.24, 2.45) is 11.8 Å². The Labute approximate surface area is 170 Å². The molecule has 0 spiro atoms. The SMILES string of the molecule is Cc1cc([C@H]2CN(C=O)CC[C@H]2C)n2nc(C3CCC(C(C)(F)F)CC3)cc2n1. The summed E-state index contributed by atoms with van der Waals surface area (Å²) in [6, 6.07) is 4.10. The predicted molar refractivity (Wildman–Crippen MR) is 107 cm³/mol. The minimum absolute atomic E-state index is 0.207. The van der Waals surface area contributed by atoms with Gasteiger partial charge in [0, 0.05) is 42.6 Å². The molecule has 2 fully saturated rings. The molecule has 0 aromatic carbocycles. The topological polar surface area (TPSA) is 50.5 Å². The molecule has 7 heteroatoms. The third kappa shape index (κ3) is 4.01. The summed E-state index contributed by atoms with van der Waals surface area (Å²) < 4.78 is 29.2. The molecule has 1 aliphatic heterocycles. The highest BCUT2D eigenvalue weighted by Crippen LogP contribution is 2.42. The second-order valence-electron chi connectivity index (χ2n) is 9.14. The maximum absolute atomic E-state index is 13.6. The maximum Gasteiger partial charge on any atom is 0.248 e. The van der Waals surface area contributed by atoms with E-state index >= 15 is 0 Å². The Morgan fingerprint density at radius 1 is 1.17 bits per heavy atom. The van der Waals surface area contributed by atoms with E-state index in [-0.39, 0.29) is 11.8 Å². The summed E-state index contributed by atoms with van der Waals surface area (Å²) in [6.07, 6.45) is 4.46. The molecule has 1 saturated heterocycles. The molecule has 1 saturated carbocycles. The summed E-state index contributed by atoms with van der Waals surface area (Å²) in [7, 11) is 0. The number of carbonyl (C=O) groups excluding carboxylic acids is 1. The van der Waals surface area contributed by atoms with Gasteiger partial charge in [-0.25, -0.2) is 18.3 Å². The van der Waals surface area contributed by atoms with Crippen LogP contribution < -0.4 is 0 Å². The second-order valence-corrected chi connectivity index (χ2v) is 9.14. The number of likely N-dealkylation sites (tertiary alicyclic amines) is 1. The van der Waals surface area contributed by atoms with Gasteiger partial charge in [-0.2, -0.15) is 5.10 Å². The monoisotopic (exact) mass is 404 g/mol. The summed E-state index contributed by atoms with van der Waals surface area (Å²) in [6.45, 7) is 6.73. The van der Waals surface area contributed by atoms with Crippen LogP contribution in [0.1, 0.15) is 74.9 Å². The van der Waals surface area contributed by atoms with Crippen LogP contribution in [0, 0.1) is 18.8 Å². The second kappa shape index (κ2) is 7.65. The highest BCUT2D eigenvalue weighted by molar-refractivity contribution is 5.48. The molecule has 0 N–H and O–H groups in total. The van der Waals surface area contributed by atoms with Crippen LogP contribution in [-0.4, -0.2) is 44.9 Å². The number of rotatable bonds is 4. The van der Waals surface area contributed by atoms with E-state index in [0.29, 0.717) is 25.3 Å². The van der Waals surface area contributed by atoms with Gasteiger partial charge in [0.05, 0.1) is 11.4 Å². The number of aromatic nitrogens is 3. The molecule has 1 aliphatic carbocycles. The van der Waals surface area contributed by atoms with E-state index < -0.39 is 11.8 Å². The third-order valence-electron chi connectivity index (χ3n) is 6.98. The molecular formula is C22H30F2N4O. The van der Waals surface area contributed by atoms with E-state index in [0.717, 1.165) is 61.9 Å². The first-order valence-electron chi connectivity index (χ1n) is 10.7. The van der Waals surface area contributed by atoms with Gasteiger partial charge < -0.3 is 4.90 Å². The molecule has 158 valence electrons. The fourth-order valence-electron chi connectivity index (χ4n) is 5.08. The molecule has 0 bridgehead atoms. The van der Waals surface area contributed by atoms with Crippen molar-refractivity contribution in [1.82, 2.24) is 19.5 Å². The van der Waals surface area contributed by atoms with Crippen LogP contribution in [-0.2, 0) is 4.79 Å². The van der Waals surface area contributed by atoms with Crippen molar-refractivity contribution in [3.05, 3.63) is 29.2 Å². The normalized spacial score (nSPS) is 28.7. The fourth-order valence-corrected chi connectivity index (χ4v) is 5.08. The van der Waals surface area contributed by atoms with Crippen molar-refractivity contribution in [2.45, 2.75) is 70.6 Å². The standard InChI is InChI=1S/C22H30F2N4O/c1-14-8-9-27(13-29)12-18(14)20-10-15(2)25-21-11-19(26-28(20)21)16-4-6-17(7-5-16)22(3,23)24/h10-11,13-14,16-18H,4-9,12H2,1-3H3/t14-,16?,17?,18+/m1/s1. The van der Waals surface area contributed by atoms with E-state index in [1.807, 2.05) is 22.4 Å². The lowest BCUT2D eigenvalue weighted by Crippen LogP contribution is -2.38. The molecule has 5 nitrogen and oxygen atoms in total. The van der Waals surface area contributed by atoms with Crippen molar-refractivity contribution in [1.29, 1.82) is 0 Å². The van der Waals surface area contributed by atoms with Crippen LogP contribution in [0.4, 0.5) is 8.78 Å². The quantitative estimate of drug-likeness (QED) is 0.703. The minimum Gasteiger partial charge on any atom is -0.345 e. The van der Waals surface area contributed by atoms with Gasteiger partial charge in [0.15, 0.2) is 5.65 Å². The summed E-state index contributed by atoms with van der Waals surface area (Å²) in [5.74, 6) is -2.26. The summed E-state index contributed by atoms with van der Waals surface area (Å²) in [5.41, 5.74) is 3.79. The van der Waals surface area contributed by atoms with Gasteiger partial charge in [-0.15, -0.1) is 0 Å². The average Bonchev–Trinajstić information content (AvgIpc) is 3.11.